The lowest BCUT2D eigenvalue weighted by atomic mass is 9.70. The third-order valence-corrected chi connectivity index (χ3v) is 7.53. The number of para-hydroxylation sites is 1. The molecule has 2 atom stereocenters. The van der Waals surface area contributed by atoms with Crippen LogP contribution in [0.15, 0.2) is 52.9 Å². The Labute approximate surface area is 202 Å². The van der Waals surface area contributed by atoms with Crippen LogP contribution in [0.4, 0.5) is 0 Å². The van der Waals surface area contributed by atoms with Gasteiger partial charge < -0.3 is 10.1 Å². The van der Waals surface area contributed by atoms with E-state index < -0.39 is 5.92 Å². The standard InChI is InChI=1S/C30H32N2O2/c1-16-10-17(2)26(18(3)11-16)21-12-24-28(25(33)13-21)27(23(15-31)19(4)32-24)22-9-7-8-20-14-30(5,6)34-29(20)22/h7-11,21,27,32H,12-14H2,1-6H3. The van der Waals surface area contributed by atoms with E-state index in [1.54, 1.807) is 0 Å². The molecule has 2 aromatic rings. The maximum absolute atomic E-state index is 13.8. The van der Waals surface area contributed by atoms with Gasteiger partial charge in [-0.2, -0.15) is 5.26 Å². The largest absolute Gasteiger partial charge is 0.487 e. The van der Waals surface area contributed by atoms with Crippen LogP contribution in [0.5, 0.6) is 5.75 Å². The summed E-state index contributed by atoms with van der Waals surface area (Å²) in [7, 11) is 0. The number of rotatable bonds is 2. The summed E-state index contributed by atoms with van der Waals surface area (Å²) in [6, 6.07) is 13.0. The highest BCUT2D eigenvalue weighted by atomic mass is 16.5. The summed E-state index contributed by atoms with van der Waals surface area (Å²) in [4.78, 5) is 13.8. The van der Waals surface area contributed by atoms with Crippen molar-refractivity contribution in [3.8, 4) is 11.8 Å². The molecule has 0 saturated carbocycles. The molecular weight excluding hydrogens is 420 g/mol. The van der Waals surface area contributed by atoms with Crippen LogP contribution in [0.3, 0.4) is 0 Å². The second-order valence-corrected chi connectivity index (χ2v) is 10.8. The molecule has 0 radical (unpaired) electrons. The normalized spacial score (nSPS) is 23.1. The summed E-state index contributed by atoms with van der Waals surface area (Å²) in [5.74, 6) is 0.706. The number of fused-ring (bicyclic) bond motifs is 1. The molecule has 2 aliphatic heterocycles. The quantitative estimate of drug-likeness (QED) is 0.588. The van der Waals surface area contributed by atoms with E-state index in [1.807, 2.05) is 19.1 Å². The molecular formula is C30H32N2O2. The minimum Gasteiger partial charge on any atom is -0.487 e. The number of ketones is 1. The Morgan fingerprint density at radius 2 is 1.79 bits per heavy atom. The molecule has 0 saturated heterocycles. The van der Waals surface area contributed by atoms with E-state index in [0.717, 1.165) is 46.7 Å². The van der Waals surface area contributed by atoms with Crippen molar-refractivity contribution < 1.29 is 9.53 Å². The maximum Gasteiger partial charge on any atom is 0.162 e. The van der Waals surface area contributed by atoms with Crippen LogP contribution < -0.4 is 10.1 Å². The number of benzene rings is 2. The van der Waals surface area contributed by atoms with Crippen LogP contribution in [-0.4, -0.2) is 11.4 Å². The van der Waals surface area contributed by atoms with Gasteiger partial charge in [0.15, 0.2) is 5.78 Å². The van der Waals surface area contributed by atoms with E-state index in [4.69, 9.17) is 4.74 Å². The molecule has 2 aromatic carbocycles. The minimum absolute atomic E-state index is 0.123. The fourth-order valence-corrected chi connectivity index (χ4v) is 6.40. The molecule has 0 amide bonds. The first kappa shape index (κ1) is 22.5. The van der Waals surface area contributed by atoms with Crippen molar-refractivity contribution in [1.29, 1.82) is 5.26 Å². The fraction of sp³-hybridized carbons (Fsp3) is 0.400. The summed E-state index contributed by atoms with van der Waals surface area (Å²) >= 11 is 0. The van der Waals surface area contributed by atoms with Crippen molar-refractivity contribution in [2.75, 3.05) is 0 Å². The van der Waals surface area contributed by atoms with Gasteiger partial charge in [-0.25, -0.2) is 0 Å². The van der Waals surface area contributed by atoms with Gasteiger partial charge in [0.05, 0.1) is 17.6 Å². The highest BCUT2D eigenvalue weighted by Gasteiger charge is 2.42. The number of nitriles is 1. The van der Waals surface area contributed by atoms with Gasteiger partial charge >= 0.3 is 0 Å². The van der Waals surface area contributed by atoms with Gasteiger partial charge in [0.2, 0.25) is 0 Å². The molecule has 5 rings (SSSR count). The molecule has 2 heterocycles. The summed E-state index contributed by atoms with van der Waals surface area (Å²) in [6.45, 7) is 12.5. The molecule has 0 bridgehead atoms. The molecule has 1 N–H and O–H groups in total. The average Bonchev–Trinajstić information content (AvgIpc) is 3.05. The number of hydrogen-bond acceptors (Lipinski definition) is 4. The van der Waals surface area contributed by atoms with E-state index in [-0.39, 0.29) is 17.3 Å². The van der Waals surface area contributed by atoms with Crippen molar-refractivity contribution in [1.82, 2.24) is 5.32 Å². The Bertz CT molecular complexity index is 1310. The highest BCUT2D eigenvalue weighted by Crippen LogP contribution is 2.50. The average molecular weight is 453 g/mol. The van der Waals surface area contributed by atoms with Crippen molar-refractivity contribution >= 4 is 5.78 Å². The van der Waals surface area contributed by atoms with Crippen LogP contribution in [0.1, 0.15) is 78.8 Å². The number of hydrogen-bond donors (Lipinski definition) is 1. The summed E-state index contributed by atoms with van der Waals surface area (Å²) in [5.41, 5.74) is 9.92. The van der Waals surface area contributed by atoms with Gasteiger partial charge in [-0.05, 0) is 76.1 Å². The number of nitrogens with one attached hydrogen (secondary N) is 1. The maximum atomic E-state index is 13.8. The van der Waals surface area contributed by atoms with Gasteiger partial charge in [0.25, 0.3) is 0 Å². The van der Waals surface area contributed by atoms with E-state index in [0.29, 0.717) is 12.0 Å². The number of carbonyl (C=O) groups excluding carboxylic acids is 1. The van der Waals surface area contributed by atoms with Crippen LogP contribution in [0.2, 0.25) is 0 Å². The van der Waals surface area contributed by atoms with Gasteiger partial charge in [-0.15, -0.1) is 0 Å². The highest BCUT2D eigenvalue weighted by molar-refractivity contribution is 6.00. The lowest BCUT2D eigenvalue weighted by molar-refractivity contribution is -0.116. The van der Waals surface area contributed by atoms with Gasteiger partial charge in [-0.3, -0.25) is 4.79 Å². The Balaban J connectivity index is 1.63. The Morgan fingerprint density at radius 3 is 2.47 bits per heavy atom. The lowest BCUT2D eigenvalue weighted by Crippen LogP contribution is -2.34. The SMILES string of the molecule is CC1=C(C#N)C(c2cccc3c2OC(C)(C)C3)C2=C(CC(c3c(C)cc(C)cc3C)CC2=O)N1. The van der Waals surface area contributed by atoms with Crippen LogP contribution in [-0.2, 0) is 11.2 Å². The minimum atomic E-state index is -0.390. The van der Waals surface area contributed by atoms with Gasteiger partial charge in [-0.1, -0.05) is 35.9 Å². The molecule has 34 heavy (non-hydrogen) atoms. The zero-order chi connectivity index (χ0) is 24.4. The third kappa shape index (κ3) is 3.55. The first-order chi connectivity index (χ1) is 16.1. The second kappa shape index (κ2) is 7.87. The number of dihydropyridines is 1. The van der Waals surface area contributed by atoms with Crippen molar-refractivity contribution in [3.63, 3.8) is 0 Å². The molecule has 0 spiro atoms. The smallest absolute Gasteiger partial charge is 0.162 e. The zero-order valence-electron chi connectivity index (χ0n) is 20.9. The molecule has 4 nitrogen and oxygen atoms in total. The molecule has 2 unspecified atom stereocenters. The number of Topliss-reactive ketones (excluding diaryl/α,β-unsaturated/α-hetero) is 1. The predicted molar refractivity (Wildman–Crippen MR) is 134 cm³/mol. The van der Waals surface area contributed by atoms with Gasteiger partial charge in [0, 0.05) is 35.4 Å². The monoisotopic (exact) mass is 452 g/mol. The molecule has 174 valence electrons. The van der Waals surface area contributed by atoms with E-state index in [1.165, 1.54) is 22.3 Å². The van der Waals surface area contributed by atoms with Crippen LogP contribution in [0.25, 0.3) is 0 Å². The Morgan fingerprint density at radius 1 is 1.09 bits per heavy atom. The molecule has 1 aliphatic carbocycles. The van der Waals surface area contributed by atoms with Crippen molar-refractivity contribution in [3.05, 3.63) is 86.3 Å². The Hall–Kier alpha value is -3.32. The number of nitrogens with zero attached hydrogens (tertiary/aromatic N) is 1. The zero-order valence-corrected chi connectivity index (χ0v) is 20.9. The van der Waals surface area contributed by atoms with Gasteiger partial charge in [0.1, 0.15) is 11.4 Å². The first-order valence-corrected chi connectivity index (χ1v) is 12.1. The molecule has 0 fully saturated rings. The lowest BCUT2D eigenvalue weighted by Gasteiger charge is -2.37. The van der Waals surface area contributed by atoms with E-state index in [9.17, 15) is 10.1 Å². The van der Waals surface area contributed by atoms with Crippen LogP contribution in [0, 0.1) is 32.1 Å². The Kier molecular flexibility index (Phi) is 5.20. The van der Waals surface area contributed by atoms with Crippen molar-refractivity contribution in [2.45, 2.75) is 78.2 Å². The van der Waals surface area contributed by atoms with E-state index in [2.05, 4.69) is 64.2 Å². The topological polar surface area (TPSA) is 62.1 Å². The number of carbonyl (C=O) groups is 1. The summed E-state index contributed by atoms with van der Waals surface area (Å²) < 4.78 is 6.37. The number of allylic oxidation sites excluding steroid dienone is 4. The first-order valence-electron chi connectivity index (χ1n) is 12.1. The fourth-order valence-electron chi connectivity index (χ4n) is 6.40. The summed E-state index contributed by atoms with van der Waals surface area (Å²) in [5, 5.41) is 13.6. The predicted octanol–water partition coefficient (Wildman–Crippen LogP) is 6.21. The van der Waals surface area contributed by atoms with Crippen molar-refractivity contribution in [2.24, 2.45) is 0 Å². The third-order valence-electron chi connectivity index (χ3n) is 7.53. The molecule has 4 heteroatoms. The number of aryl methyl sites for hydroxylation is 3. The second-order valence-electron chi connectivity index (χ2n) is 10.8. The molecule has 0 aromatic heterocycles. The van der Waals surface area contributed by atoms with Crippen LogP contribution >= 0.6 is 0 Å². The number of ether oxygens (including phenoxy) is 1. The molecule has 3 aliphatic rings. The van der Waals surface area contributed by atoms with E-state index >= 15 is 0 Å². The summed E-state index contributed by atoms with van der Waals surface area (Å²) in [6.07, 6.45) is 2.04.